The topological polar surface area (TPSA) is 100 Å². The summed E-state index contributed by atoms with van der Waals surface area (Å²) in [4.78, 5) is 27.7. The molecule has 0 bridgehead atoms. The Kier molecular flexibility index (Phi) is 6.45. The number of hydrogen-bond donors (Lipinski definition) is 1. The first kappa shape index (κ1) is 24.2. The zero-order valence-electron chi connectivity index (χ0n) is 18.5. The van der Waals surface area contributed by atoms with E-state index in [2.05, 4.69) is 10.4 Å². The molecule has 0 spiro atoms. The number of hydrogen-bond acceptors (Lipinski definition) is 6. The van der Waals surface area contributed by atoms with Gasteiger partial charge in [0.25, 0.3) is 11.8 Å². The van der Waals surface area contributed by atoms with Gasteiger partial charge in [-0.2, -0.15) is 23.5 Å². The van der Waals surface area contributed by atoms with E-state index in [1.165, 1.54) is 65.4 Å². The number of ether oxygens (including phenoxy) is 1. The number of anilines is 2. The van der Waals surface area contributed by atoms with E-state index in [9.17, 15) is 28.0 Å². The number of alkyl halides is 3. The van der Waals surface area contributed by atoms with E-state index in [-0.39, 0.29) is 45.2 Å². The van der Waals surface area contributed by atoms with Crippen LogP contribution in [0.5, 0.6) is 5.75 Å². The maximum absolute atomic E-state index is 13.4. The van der Waals surface area contributed by atoms with Crippen LogP contribution in [-0.4, -0.2) is 40.3 Å². The molecule has 2 heterocycles. The van der Waals surface area contributed by atoms with Crippen molar-refractivity contribution in [2.75, 3.05) is 17.3 Å². The summed E-state index contributed by atoms with van der Waals surface area (Å²) >= 11 is -0.233. The number of halogens is 3. The van der Waals surface area contributed by atoms with Gasteiger partial charge in [-0.05, 0) is 61.2 Å². The van der Waals surface area contributed by atoms with Crippen LogP contribution >= 0.6 is 11.8 Å². The van der Waals surface area contributed by atoms with E-state index in [4.69, 9.17) is 4.74 Å². The molecule has 2 aromatic carbocycles. The highest BCUT2D eigenvalue weighted by atomic mass is 32.2. The van der Waals surface area contributed by atoms with Gasteiger partial charge in [0.2, 0.25) is 0 Å². The number of methoxy groups -OCH3 is 1. The molecular weight excluding hydrogens is 483 g/mol. The molecule has 0 saturated heterocycles. The number of nitrogens with one attached hydrogen (secondary N) is 1. The standard InChI is InChI=1S/C23H18F3N5O3S/c1-13-12-30-20(22(33)31(13)16-4-6-17(7-5-16)35-23(24,25)26)18(11-28-30)29-21(32)14-3-8-19(34-2)15(9-14)10-27/h3-9,11,13H,12H2,1-2H3,(H,29,32)/t13-/m0/s1. The SMILES string of the molecule is COc1ccc(C(=O)Nc2cnn3c2C(=O)N(c2ccc(SC(F)(F)F)cc2)[C@@H](C)C3)cc1C#N. The molecule has 3 aromatic rings. The van der Waals surface area contributed by atoms with Gasteiger partial charge in [0.15, 0.2) is 0 Å². The normalized spacial score (nSPS) is 15.4. The van der Waals surface area contributed by atoms with E-state index in [0.29, 0.717) is 18.0 Å². The number of carbonyl (C=O) groups excluding carboxylic acids is 2. The van der Waals surface area contributed by atoms with Crippen molar-refractivity contribution in [1.29, 1.82) is 5.26 Å². The van der Waals surface area contributed by atoms with Crippen molar-refractivity contribution in [3.05, 3.63) is 65.5 Å². The van der Waals surface area contributed by atoms with Crippen molar-refractivity contribution in [3.63, 3.8) is 0 Å². The minimum Gasteiger partial charge on any atom is -0.495 e. The summed E-state index contributed by atoms with van der Waals surface area (Å²) in [6.45, 7) is 2.11. The van der Waals surface area contributed by atoms with Crippen molar-refractivity contribution >= 4 is 35.0 Å². The number of amides is 2. The number of rotatable bonds is 5. The van der Waals surface area contributed by atoms with Crippen LogP contribution in [0.2, 0.25) is 0 Å². The molecule has 8 nitrogen and oxygen atoms in total. The number of nitriles is 1. The van der Waals surface area contributed by atoms with Gasteiger partial charge in [0, 0.05) is 16.1 Å². The second-order valence-electron chi connectivity index (χ2n) is 7.64. The fraction of sp³-hybridized carbons (Fsp3) is 0.217. The Labute approximate surface area is 202 Å². The number of thioether (sulfide) groups is 1. The van der Waals surface area contributed by atoms with Crippen LogP contribution in [0.25, 0.3) is 0 Å². The third kappa shape index (κ3) is 4.95. The summed E-state index contributed by atoms with van der Waals surface area (Å²) in [6, 6.07) is 11.5. The van der Waals surface area contributed by atoms with Crippen LogP contribution in [0.4, 0.5) is 24.5 Å². The molecule has 2 amide bonds. The molecule has 1 aliphatic rings. The first-order valence-electron chi connectivity index (χ1n) is 10.3. The van der Waals surface area contributed by atoms with Crippen molar-refractivity contribution in [3.8, 4) is 11.8 Å². The van der Waals surface area contributed by atoms with E-state index >= 15 is 0 Å². The van der Waals surface area contributed by atoms with Crippen molar-refractivity contribution < 1.29 is 27.5 Å². The van der Waals surface area contributed by atoms with Gasteiger partial charge in [-0.25, -0.2) is 0 Å². The minimum absolute atomic E-state index is 0.00702. The lowest BCUT2D eigenvalue weighted by molar-refractivity contribution is -0.0328. The number of benzene rings is 2. The second kappa shape index (κ2) is 9.34. The fourth-order valence-electron chi connectivity index (χ4n) is 3.80. The molecule has 1 aromatic heterocycles. The van der Waals surface area contributed by atoms with Crippen LogP contribution in [0.1, 0.15) is 33.3 Å². The van der Waals surface area contributed by atoms with Crippen molar-refractivity contribution in [2.45, 2.75) is 29.9 Å². The van der Waals surface area contributed by atoms with Crippen LogP contribution in [0, 0.1) is 11.3 Å². The van der Waals surface area contributed by atoms with Crippen LogP contribution in [0.3, 0.4) is 0 Å². The predicted molar refractivity (Wildman–Crippen MR) is 123 cm³/mol. The first-order chi connectivity index (χ1) is 16.6. The number of carbonyl (C=O) groups is 2. The van der Waals surface area contributed by atoms with Crippen LogP contribution in [0.15, 0.2) is 53.6 Å². The smallest absolute Gasteiger partial charge is 0.446 e. The van der Waals surface area contributed by atoms with Gasteiger partial charge < -0.3 is 15.0 Å². The molecule has 0 radical (unpaired) electrons. The Morgan fingerprint density at radius 2 is 1.97 bits per heavy atom. The molecule has 4 rings (SSSR count). The highest BCUT2D eigenvalue weighted by Crippen LogP contribution is 2.38. The molecule has 12 heteroatoms. The largest absolute Gasteiger partial charge is 0.495 e. The van der Waals surface area contributed by atoms with Crippen molar-refractivity contribution in [2.24, 2.45) is 0 Å². The van der Waals surface area contributed by atoms with Crippen molar-refractivity contribution in [1.82, 2.24) is 9.78 Å². The van der Waals surface area contributed by atoms with Gasteiger partial charge in [0.1, 0.15) is 17.5 Å². The summed E-state index contributed by atoms with van der Waals surface area (Å²) in [5, 5.41) is 16.1. The third-order valence-corrected chi connectivity index (χ3v) is 6.06. The Balaban J connectivity index is 1.59. The Morgan fingerprint density at radius 1 is 1.26 bits per heavy atom. The van der Waals surface area contributed by atoms with Gasteiger partial charge >= 0.3 is 5.51 Å². The van der Waals surface area contributed by atoms with E-state index < -0.39 is 17.3 Å². The summed E-state index contributed by atoms with van der Waals surface area (Å²) in [6.07, 6.45) is 1.36. The molecule has 0 unspecified atom stereocenters. The predicted octanol–water partition coefficient (Wildman–Crippen LogP) is 4.68. The molecule has 35 heavy (non-hydrogen) atoms. The Morgan fingerprint density at radius 3 is 2.60 bits per heavy atom. The molecule has 0 aliphatic carbocycles. The van der Waals surface area contributed by atoms with Crippen LogP contribution in [-0.2, 0) is 6.54 Å². The zero-order valence-corrected chi connectivity index (χ0v) is 19.3. The number of aromatic nitrogens is 2. The highest BCUT2D eigenvalue weighted by molar-refractivity contribution is 8.00. The monoisotopic (exact) mass is 501 g/mol. The van der Waals surface area contributed by atoms with E-state index in [0.717, 1.165) is 0 Å². The Bertz CT molecular complexity index is 1330. The lowest BCUT2D eigenvalue weighted by atomic mass is 10.1. The second-order valence-corrected chi connectivity index (χ2v) is 8.77. The molecule has 0 saturated carbocycles. The quantitative estimate of drug-likeness (QED) is 0.510. The maximum atomic E-state index is 13.4. The Hall–Kier alpha value is -3.98. The lowest BCUT2D eigenvalue weighted by Gasteiger charge is -2.34. The average Bonchev–Trinajstić information content (AvgIpc) is 3.21. The summed E-state index contributed by atoms with van der Waals surface area (Å²) in [7, 11) is 1.41. The number of nitrogens with zero attached hydrogens (tertiary/aromatic N) is 4. The van der Waals surface area contributed by atoms with Gasteiger partial charge in [0.05, 0.1) is 37.1 Å². The highest BCUT2D eigenvalue weighted by Gasteiger charge is 2.35. The average molecular weight is 501 g/mol. The maximum Gasteiger partial charge on any atom is 0.446 e. The molecular formula is C23H18F3N5O3S. The molecule has 180 valence electrons. The number of fused-ring (bicyclic) bond motifs is 1. The fourth-order valence-corrected chi connectivity index (χ4v) is 4.34. The first-order valence-corrected chi connectivity index (χ1v) is 11.1. The van der Waals surface area contributed by atoms with Gasteiger partial charge in [-0.3, -0.25) is 14.3 Å². The summed E-state index contributed by atoms with van der Waals surface area (Å²) in [5.74, 6) is -0.682. The summed E-state index contributed by atoms with van der Waals surface area (Å²) < 4.78 is 44.5. The van der Waals surface area contributed by atoms with Crippen LogP contribution < -0.4 is 15.0 Å². The van der Waals surface area contributed by atoms with E-state index in [1.54, 1.807) is 6.92 Å². The molecule has 1 aliphatic heterocycles. The van der Waals surface area contributed by atoms with Gasteiger partial charge in [-0.1, -0.05) is 0 Å². The van der Waals surface area contributed by atoms with E-state index in [1.807, 2.05) is 6.07 Å². The molecule has 1 atom stereocenters. The third-order valence-electron chi connectivity index (χ3n) is 5.32. The summed E-state index contributed by atoms with van der Waals surface area (Å²) in [5.41, 5.74) is -3.30. The lowest BCUT2D eigenvalue weighted by Crippen LogP contribution is -2.47. The minimum atomic E-state index is -4.41. The molecule has 0 fully saturated rings. The van der Waals surface area contributed by atoms with Gasteiger partial charge in [-0.15, -0.1) is 0 Å². The molecule has 1 N–H and O–H groups in total. The zero-order chi connectivity index (χ0) is 25.3.